The monoisotopic (exact) mass is 299 g/mol. The van der Waals surface area contributed by atoms with Crippen LogP contribution in [0.1, 0.15) is 27.8 Å². The second-order valence-electron chi connectivity index (χ2n) is 5.43. The summed E-state index contributed by atoms with van der Waals surface area (Å²) in [5, 5.41) is 6.11. The van der Waals surface area contributed by atoms with E-state index < -0.39 is 0 Å². The maximum Gasteiger partial charge on any atom is 0.251 e. The number of nitrogens with one attached hydrogen (secondary N) is 3. The number of hydrogen-bond acceptors (Lipinski definition) is 4. The molecule has 2 aromatic rings. The van der Waals surface area contributed by atoms with Crippen LogP contribution < -0.4 is 10.6 Å². The molecule has 3 rings (SSSR count). The van der Waals surface area contributed by atoms with Gasteiger partial charge in [0.1, 0.15) is 5.82 Å². The Bertz CT molecular complexity index is 625. The largest absolute Gasteiger partial charge is 0.355 e. The van der Waals surface area contributed by atoms with Gasteiger partial charge < -0.3 is 15.6 Å². The molecule has 1 atom stereocenters. The fraction of sp³-hybridized carbons (Fsp3) is 0.375. The number of hydrogen-bond donors (Lipinski definition) is 3. The van der Waals surface area contributed by atoms with Crippen molar-refractivity contribution in [3.8, 4) is 0 Å². The zero-order chi connectivity index (χ0) is 15.4. The first kappa shape index (κ1) is 14.7. The Morgan fingerprint density at radius 1 is 1.50 bits per heavy atom. The molecule has 1 amide bonds. The zero-order valence-corrected chi connectivity index (χ0v) is 12.7. The highest BCUT2D eigenvalue weighted by Crippen LogP contribution is 2.24. The number of rotatable bonds is 4. The molecule has 0 unspecified atom stereocenters. The van der Waals surface area contributed by atoms with E-state index in [2.05, 4.69) is 31.6 Å². The van der Waals surface area contributed by atoms with Gasteiger partial charge >= 0.3 is 0 Å². The maximum atomic E-state index is 11.8. The van der Waals surface area contributed by atoms with Gasteiger partial charge in [-0.05, 0) is 17.7 Å². The van der Waals surface area contributed by atoms with Crippen LogP contribution >= 0.6 is 0 Å². The van der Waals surface area contributed by atoms with Crippen molar-refractivity contribution in [1.82, 2.24) is 25.5 Å². The van der Waals surface area contributed by atoms with Crippen LogP contribution in [-0.4, -0.2) is 47.5 Å². The van der Waals surface area contributed by atoms with E-state index in [1.165, 1.54) is 0 Å². The lowest BCUT2D eigenvalue weighted by Gasteiger charge is -2.36. The first-order valence-corrected chi connectivity index (χ1v) is 7.53. The number of nitrogens with zero attached hydrogens (tertiary/aromatic N) is 2. The molecule has 1 aliphatic rings. The van der Waals surface area contributed by atoms with Gasteiger partial charge in [-0.15, -0.1) is 0 Å². The van der Waals surface area contributed by atoms with Gasteiger partial charge in [0.25, 0.3) is 5.91 Å². The van der Waals surface area contributed by atoms with Gasteiger partial charge in [0.05, 0.1) is 6.54 Å². The van der Waals surface area contributed by atoms with Crippen LogP contribution in [0.25, 0.3) is 0 Å². The third kappa shape index (κ3) is 3.18. The number of aromatic nitrogens is 2. The number of aromatic amines is 1. The van der Waals surface area contributed by atoms with E-state index in [4.69, 9.17) is 0 Å². The number of benzene rings is 1. The average molecular weight is 299 g/mol. The number of carbonyl (C=O) groups excluding carboxylic acids is 1. The summed E-state index contributed by atoms with van der Waals surface area (Å²) in [4.78, 5) is 21.7. The van der Waals surface area contributed by atoms with Crippen LogP contribution in [-0.2, 0) is 6.54 Å². The maximum absolute atomic E-state index is 11.8. The molecule has 1 aliphatic heterocycles. The molecule has 0 aliphatic carbocycles. The van der Waals surface area contributed by atoms with E-state index >= 15 is 0 Å². The summed E-state index contributed by atoms with van der Waals surface area (Å²) in [7, 11) is 1.65. The van der Waals surface area contributed by atoms with Gasteiger partial charge in [0.15, 0.2) is 0 Å². The van der Waals surface area contributed by atoms with Crippen molar-refractivity contribution in [1.29, 1.82) is 0 Å². The van der Waals surface area contributed by atoms with Crippen LogP contribution in [0.5, 0.6) is 0 Å². The summed E-state index contributed by atoms with van der Waals surface area (Å²) in [6, 6.07) is 8.09. The minimum absolute atomic E-state index is 0.0526. The van der Waals surface area contributed by atoms with E-state index in [1.54, 1.807) is 13.2 Å². The van der Waals surface area contributed by atoms with Crippen LogP contribution in [0.3, 0.4) is 0 Å². The van der Waals surface area contributed by atoms with Crippen LogP contribution in [0.2, 0.25) is 0 Å². The molecule has 3 N–H and O–H groups in total. The van der Waals surface area contributed by atoms with Crippen LogP contribution in [0.15, 0.2) is 36.7 Å². The van der Waals surface area contributed by atoms with E-state index in [0.717, 1.165) is 37.6 Å². The summed E-state index contributed by atoms with van der Waals surface area (Å²) in [6.07, 6.45) is 3.62. The summed E-state index contributed by atoms with van der Waals surface area (Å²) >= 11 is 0. The topological polar surface area (TPSA) is 73.1 Å². The minimum Gasteiger partial charge on any atom is -0.355 e. The van der Waals surface area contributed by atoms with Gasteiger partial charge in [-0.3, -0.25) is 9.69 Å². The molecule has 22 heavy (non-hydrogen) atoms. The molecule has 0 radical (unpaired) electrons. The zero-order valence-electron chi connectivity index (χ0n) is 12.7. The van der Waals surface area contributed by atoms with Gasteiger partial charge in [0, 0.05) is 50.7 Å². The minimum atomic E-state index is -0.0526. The summed E-state index contributed by atoms with van der Waals surface area (Å²) < 4.78 is 0. The average Bonchev–Trinajstić information content (AvgIpc) is 3.08. The van der Waals surface area contributed by atoms with E-state index in [9.17, 15) is 4.79 Å². The third-order valence-corrected chi connectivity index (χ3v) is 4.02. The third-order valence-electron chi connectivity index (χ3n) is 4.02. The van der Waals surface area contributed by atoms with Crippen molar-refractivity contribution < 1.29 is 4.79 Å². The quantitative estimate of drug-likeness (QED) is 0.785. The number of carbonyl (C=O) groups is 1. The number of amides is 1. The lowest BCUT2D eigenvalue weighted by Crippen LogP contribution is -2.45. The predicted molar refractivity (Wildman–Crippen MR) is 84.4 cm³/mol. The number of imidazole rings is 1. The molecule has 1 aromatic heterocycles. The standard InChI is InChI=1S/C16H21N5O/c1-17-16(22)13-4-2-3-12(9-13)14-10-18-7-8-21(14)11-15-19-5-6-20-15/h2-6,9,14,18H,7-8,10-11H2,1H3,(H,17,22)(H,19,20)/t14-/m0/s1. The Balaban J connectivity index is 1.82. The summed E-state index contributed by atoms with van der Waals surface area (Å²) in [5.74, 6) is 0.914. The van der Waals surface area contributed by atoms with Gasteiger partial charge in [0.2, 0.25) is 0 Å². The Hall–Kier alpha value is -2.18. The number of piperazine rings is 1. The lowest BCUT2D eigenvalue weighted by molar-refractivity contribution is 0.0962. The van der Waals surface area contributed by atoms with Crippen LogP contribution in [0.4, 0.5) is 0 Å². The first-order chi connectivity index (χ1) is 10.8. The molecule has 1 aromatic carbocycles. The van der Waals surface area contributed by atoms with Crippen molar-refractivity contribution in [2.75, 3.05) is 26.7 Å². The molecule has 0 saturated carbocycles. The van der Waals surface area contributed by atoms with E-state index in [0.29, 0.717) is 5.56 Å². The van der Waals surface area contributed by atoms with Crippen molar-refractivity contribution >= 4 is 5.91 Å². The summed E-state index contributed by atoms with van der Waals surface area (Å²) in [6.45, 7) is 3.57. The highest BCUT2D eigenvalue weighted by Gasteiger charge is 2.24. The van der Waals surface area contributed by atoms with Crippen molar-refractivity contribution in [2.24, 2.45) is 0 Å². The molecule has 116 valence electrons. The van der Waals surface area contributed by atoms with Crippen molar-refractivity contribution in [3.05, 3.63) is 53.6 Å². The molecule has 1 fully saturated rings. The van der Waals surface area contributed by atoms with Crippen molar-refractivity contribution in [3.63, 3.8) is 0 Å². The Morgan fingerprint density at radius 3 is 3.18 bits per heavy atom. The fourth-order valence-electron chi connectivity index (χ4n) is 2.87. The molecule has 1 saturated heterocycles. The SMILES string of the molecule is CNC(=O)c1cccc([C@@H]2CNCCN2Cc2ncc[nH]2)c1. The smallest absolute Gasteiger partial charge is 0.251 e. The van der Waals surface area contributed by atoms with E-state index in [-0.39, 0.29) is 11.9 Å². The second kappa shape index (κ2) is 6.72. The second-order valence-corrected chi connectivity index (χ2v) is 5.43. The van der Waals surface area contributed by atoms with Gasteiger partial charge in [-0.25, -0.2) is 4.98 Å². The molecular weight excluding hydrogens is 278 g/mol. The van der Waals surface area contributed by atoms with Gasteiger partial charge in [-0.2, -0.15) is 0 Å². The molecular formula is C16H21N5O. The highest BCUT2D eigenvalue weighted by molar-refractivity contribution is 5.94. The molecule has 6 nitrogen and oxygen atoms in total. The lowest BCUT2D eigenvalue weighted by atomic mass is 10.0. The molecule has 0 spiro atoms. The fourth-order valence-corrected chi connectivity index (χ4v) is 2.87. The van der Waals surface area contributed by atoms with E-state index in [1.807, 2.05) is 24.4 Å². The molecule has 2 heterocycles. The molecule has 6 heteroatoms. The van der Waals surface area contributed by atoms with Crippen molar-refractivity contribution in [2.45, 2.75) is 12.6 Å². The first-order valence-electron chi connectivity index (χ1n) is 7.53. The Labute approximate surface area is 129 Å². The predicted octanol–water partition coefficient (Wildman–Crippen LogP) is 0.916. The normalized spacial score (nSPS) is 19.0. The Morgan fingerprint density at radius 2 is 2.41 bits per heavy atom. The Kier molecular flexibility index (Phi) is 4.50. The van der Waals surface area contributed by atoms with Crippen LogP contribution in [0, 0.1) is 0 Å². The highest BCUT2D eigenvalue weighted by atomic mass is 16.1. The number of H-pyrrole nitrogens is 1. The molecule has 0 bridgehead atoms. The summed E-state index contributed by atoms with van der Waals surface area (Å²) in [5.41, 5.74) is 1.85. The van der Waals surface area contributed by atoms with Gasteiger partial charge in [-0.1, -0.05) is 12.1 Å².